The maximum atomic E-state index is 14.8. The average molecular weight is 414 g/mol. The third-order valence-electron chi connectivity index (χ3n) is 4.95. The molecule has 1 atom stereocenters. The summed E-state index contributed by atoms with van der Waals surface area (Å²) in [4.78, 5) is 29.2. The number of nitrogens with zero attached hydrogens (tertiary/aromatic N) is 2. The highest BCUT2D eigenvalue weighted by atomic mass is 19.1. The molecule has 6 nitrogen and oxygen atoms in total. The van der Waals surface area contributed by atoms with Crippen molar-refractivity contribution in [3.05, 3.63) is 70.9 Å². The Bertz CT molecular complexity index is 1110. The first-order valence-electron chi connectivity index (χ1n) is 9.26. The number of pyridine rings is 1. The van der Waals surface area contributed by atoms with Crippen molar-refractivity contribution in [2.24, 2.45) is 0 Å². The zero-order chi connectivity index (χ0) is 22.0. The molecule has 1 N–H and O–H groups in total. The summed E-state index contributed by atoms with van der Waals surface area (Å²) in [6.45, 7) is 3.67. The standard InChI is InChI=1S/C22H20F2N2O4/c1-4-30-21-16-7-5-6-15(14(16)8-9-25-21)20(27)19-17(23)10-13(11-18(19)24)12(2)26(3)22(28)29/h5-12H,4H2,1-3H3,(H,28,29). The second-order valence-corrected chi connectivity index (χ2v) is 6.71. The molecule has 0 spiro atoms. The van der Waals surface area contributed by atoms with E-state index in [0.29, 0.717) is 23.3 Å². The number of carbonyl (C=O) groups excluding carboxylic acids is 1. The average Bonchev–Trinajstić information content (AvgIpc) is 2.72. The summed E-state index contributed by atoms with van der Waals surface area (Å²) < 4.78 is 35.1. The van der Waals surface area contributed by atoms with E-state index in [4.69, 9.17) is 9.84 Å². The molecule has 0 fully saturated rings. The van der Waals surface area contributed by atoms with Gasteiger partial charge in [0.05, 0.1) is 18.2 Å². The van der Waals surface area contributed by atoms with E-state index in [1.165, 1.54) is 26.2 Å². The number of ketones is 1. The Morgan fingerprint density at radius 2 is 1.83 bits per heavy atom. The Hall–Kier alpha value is -3.55. The number of halogens is 2. The van der Waals surface area contributed by atoms with Gasteiger partial charge < -0.3 is 14.7 Å². The minimum absolute atomic E-state index is 0.104. The first-order valence-corrected chi connectivity index (χ1v) is 9.26. The maximum Gasteiger partial charge on any atom is 0.407 e. The maximum absolute atomic E-state index is 14.8. The predicted molar refractivity (Wildman–Crippen MR) is 107 cm³/mol. The number of carbonyl (C=O) groups is 2. The first-order chi connectivity index (χ1) is 14.3. The fraction of sp³-hybridized carbons (Fsp3) is 0.227. The van der Waals surface area contributed by atoms with Crippen molar-refractivity contribution in [2.75, 3.05) is 13.7 Å². The topological polar surface area (TPSA) is 79.7 Å². The van der Waals surface area contributed by atoms with Crippen molar-refractivity contribution in [2.45, 2.75) is 19.9 Å². The molecule has 1 aromatic heterocycles. The van der Waals surface area contributed by atoms with Crippen LogP contribution in [0.25, 0.3) is 10.8 Å². The van der Waals surface area contributed by atoms with Crippen LogP contribution >= 0.6 is 0 Å². The van der Waals surface area contributed by atoms with Crippen molar-refractivity contribution in [3.63, 3.8) is 0 Å². The molecule has 1 heterocycles. The van der Waals surface area contributed by atoms with E-state index in [1.807, 2.05) is 0 Å². The highest BCUT2D eigenvalue weighted by Gasteiger charge is 2.25. The predicted octanol–water partition coefficient (Wildman–Crippen LogP) is 4.81. The van der Waals surface area contributed by atoms with Crippen LogP contribution in [0.3, 0.4) is 0 Å². The van der Waals surface area contributed by atoms with Gasteiger partial charge >= 0.3 is 6.09 Å². The lowest BCUT2D eigenvalue weighted by molar-refractivity contribution is 0.103. The van der Waals surface area contributed by atoms with Crippen LogP contribution in [0, 0.1) is 11.6 Å². The minimum atomic E-state index is -1.24. The molecule has 0 aliphatic heterocycles. The largest absolute Gasteiger partial charge is 0.478 e. The van der Waals surface area contributed by atoms with E-state index >= 15 is 0 Å². The number of hydrogen-bond acceptors (Lipinski definition) is 4. The van der Waals surface area contributed by atoms with Crippen molar-refractivity contribution in [3.8, 4) is 5.88 Å². The minimum Gasteiger partial charge on any atom is -0.478 e. The summed E-state index contributed by atoms with van der Waals surface area (Å²) >= 11 is 0. The number of amides is 1. The van der Waals surface area contributed by atoms with Gasteiger partial charge in [0.15, 0.2) is 5.78 Å². The van der Waals surface area contributed by atoms with Crippen molar-refractivity contribution in [1.82, 2.24) is 9.88 Å². The van der Waals surface area contributed by atoms with Gasteiger partial charge in [-0.2, -0.15) is 0 Å². The van der Waals surface area contributed by atoms with Crippen molar-refractivity contribution >= 4 is 22.6 Å². The molecule has 3 aromatic rings. The Labute approximate surface area is 171 Å². The molecular formula is C22H20F2N2O4. The quantitative estimate of drug-likeness (QED) is 0.586. The van der Waals surface area contributed by atoms with Crippen LogP contribution in [0.15, 0.2) is 42.6 Å². The third-order valence-corrected chi connectivity index (χ3v) is 4.95. The molecule has 2 aromatic carbocycles. The Morgan fingerprint density at radius 3 is 2.43 bits per heavy atom. The second kappa shape index (κ2) is 8.44. The third kappa shape index (κ3) is 3.80. The highest BCUT2D eigenvalue weighted by molar-refractivity contribution is 6.17. The van der Waals surface area contributed by atoms with Crippen LogP contribution in [-0.4, -0.2) is 40.5 Å². The molecule has 0 saturated carbocycles. The van der Waals surface area contributed by atoms with Gasteiger partial charge in [0.25, 0.3) is 0 Å². The van der Waals surface area contributed by atoms with Crippen molar-refractivity contribution in [1.29, 1.82) is 0 Å². The lowest BCUT2D eigenvalue weighted by Crippen LogP contribution is -2.28. The van der Waals surface area contributed by atoms with E-state index in [2.05, 4.69) is 4.98 Å². The molecule has 1 unspecified atom stereocenters. The molecule has 30 heavy (non-hydrogen) atoms. The van der Waals surface area contributed by atoms with Gasteiger partial charge in [-0.25, -0.2) is 18.6 Å². The molecule has 0 bridgehead atoms. The number of hydrogen-bond donors (Lipinski definition) is 1. The fourth-order valence-corrected chi connectivity index (χ4v) is 3.20. The summed E-state index contributed by atoms with van der Waals surface area (Å²) in [6.07, 6.45) is 0.224. The number of rotatable bonds is 6. The van der Waals surface area contributed by atoms with Crippen LogP contribution in [-0.2, 0) is 0 Å². The number of fused-ring (bicyclic) bond motifs is 1. The lowest BCUT2D eigenvalue weighted by atomic mass is 9.95. The molecule has 8 heteroatoms. The van der Waals surface area contributed by atoms with Crippen molar-refractivity contribution < 1.29 is 28.2 Å². The molecule has 156 valence electrons. The Morgan fingerprint density at radius 1 is 1.17 bits per heavy atom. The molecule has 0 saturated heterocycles. The molecule has 3 rings (SSSR count). The van der Waals surface area contributed by atoms with Crippen LogP contribution in [0.4, 0.5) is 13.6 Å². The fourth-order valence-electron chi connectivity index (χ4n) is 3.20. The van der Waals surface area contributed by atoms with Gasteiger partial charge in [0.1, 0.15) is 11.6 Å². The first kappa shape index (κ1) is 21.2. The van der Waals surface area contributed by atoms with Gasteiger partial charge in [0, 0.05) is 24.2 Å². The highest BCUT2D eigenvalue weighted by Crippen LogP contribution is 2.30. The molecule has 0 aliphatic carbocycles. The van der Waals surface area contributed by atoms with Crippen LogP contribution < -0.4 is 4.74 Å². The summed E-state index contributed by atoms with van der Waals surface area (Å²) in [5, 5.41) is 10.1. The summed E-state index contributed by atoms with van der Waals surface area (Å²) in [5.74, 6) is -2.62. The van der Waals surface area contributed by atoms with E-state index in [1.54, 1.807) is 25.1 Å². The summed E-state index contributed by atoms with van der Waals surface area (Å²) in [7, 11) is 1.29. The van der Waals surface area contributed by atoms with Gasteiger partial charge in [0.2, 0.25) is 5.88 Å². The number of aromatic nitrogens is 1. The molecule has 0 aliphatic rings. The Balaban J connectivity index is 2.08. The van der Waals surface area contributed by atoms with E-state index in [0.717, 1.165) is 17.0 Å². The van der Waals surface area contributed by atoms with Gasteiger partial charge in [-0.3, -0.25) is 4.79 Å². The molecule has 1 amide bonds. The normalized spacial score (nSPS) is 11.9. The zero-order valence-corrected chi connectivity index (χ0v) is 16.6. The zero-order valence-electron chi connectivity index (χ0n) is 16.6. The van der Waals surface area contributed by atoms with Crippen LogP contribution in [0.1, 0.15) is 41.4 Å². The second-order valence-electron chi connectivity index (χ2n) is 6.71. The van der Waals surface area contributed by atoms with E-state index < -0.39 is 35.1 Å². The number of benzene rings is 2. The number of ether oxygens (including phenoxy) is 1. The van der Waals surface area contributed by atoms with Crippen LogP contribution in [0.2, 0.25) is 0 Å². The van der Waals surface area contributed by atoms with Gasteiger partial charge in [-0.1, -0.05) is 12.1 Å². The van der Waals surface area contributed by atoms with E-state index in [-0.39, 0.29) is 11.1 Å². The van der Waals surface area contributed by atoms with E-state index in [9.17, 15) is 18.4 Å². The van der Waals surface area contributed by atoms with Crippen LogP contribution in [0.5, 0.6) is 5.88 Å². The Kier molecular flexibility index (Phi) is 5.96. The summed E-state index contributed by atoms with van der Waals surface area (Å²) in [5.41, 5.74) is -0.490. The molecule has 0 radical (unpaired) electrons. The SMILES string of the molecule is CCOc1nccc2c(C(=O)c3c(F)cc(C(C)N(C)C(=O)O)cc3F)cccc12. The smallest absolute Gasteiger partial charge is 0.407 e. The summed E-state index contributed by atoms with van der Waals surface area (Å²) in [6, 6.07) is 7.54. The number of carboxylic acid groups (broad SMARTS) is 1. The monoisotopic (exact) mass is 414 g/mol. The van der Waals surface area contributed by atoms with Gasteiger partial charge in [-0.15, -0.1) is 0 Å². The lowest BCUT2D eigenvalue weighted by Gasteiger charge is -2.22. The molecular weight excluding hydrogens is 394 g/mol. The van der Waals surface area contributed by atoms with Gasteiger partial charge in [-0.05, 0) is 49.1 Å².